The monoisotopic (exact) mass is 1920 g/mol. The Morgan fingerprint density at radius 2 is 0.524 bits per heavy atom. The standard InChI is InChI=1S/C43H32N6.C43H33N5O.C43H33N5S/c1-43(2)33-22-12-14-24-36(33)49(42-46-39(29-16-6-3-7-17-29)45-40(47-42)30-18-8-4-9-19-30)37-27-26-32(28-34(37)43)48-38-25-15-13-23-35(38)44-41(48)31-20-10-5-11-21-31;2*1-43(2)33-22-12-13-23-35(33)48(42-45-39(29-16-6-3-7-17-29)44-40(46-42)30-18-8-4-9-19-30)36-27-26-32(28-34(36)43)47-37-24-14-15-25-38(37)49-41(47)31-20-10-5-11-21-31/h3-28H,1-2H3;2*3-28,41H,1-2H3. The Kier molecular flexibility index (Phi) is 22.9. The molecule has 0 fully saturated rings. The number of anilines is 13. The van der Waals surface area contributed by atoms with Crippen LogP contribution in [0.3, 0.4) is 0 Å². The van der Waals surface area contributed by atoms with E-state index in [1.807, 2.05) is 200 Å². The highest BCUT2D eigenvalue weighted by atomic mass is 32.2. The van der Waals surface area contributed by atoms with Gasteiger partial charge in [-0.2, -0.15) is 29.9 Å². The fourth-order valence-electron chi connectivity index (χ4n) is 21.2. The van der Waals surface area contributed by atoms with Crippen LogP contribution in [0.1, 0.15) is 97.7 Å². The first-order chi connectivity index (χ1) is 72.2. The smallest absolute Gasteiger partial charge is 0.238 e. The summed E-state index contributed by atoms with van der Waals surface area (Å²) in [4.78, 5) is 63.7. The Balaban J connectivity index is 0.000000115. The number of hydrogen-bond acceptors (Lipinski definition) is 17. The van der Waals surface area contributed by atoms with Crippen LogP contribution in [0, 0.1) is 0 Å². The SMILES string of the molecule is CC1(C)c2ccccc2N(c2nc(-c3ccccc3)nc(-c3ccccc3)n2)c2ccc(-n3c(-c4ccccc4)nc4ccccc43)cc21.CC1(C)c2ccccc2N(c2nc(-c3ccccc3)nc(-c3ccccc3)n2)c2ccc(N3c4ccccc4OC3c3ccccc3)cc21.CC1(C)c2ccccc2N(c2nc(-c3ccccc3)nc(-c3ccccc3)n2)c2ccc(N3c4ccccc4SC3c3ccccc3)cc21. The van der Waals surface area contributed by atoms with Gasteiger partial charge < -0.3 is 9.64 Å². The Bertz CT molecular complexity index is 8190. The van der Waals surface area contributed by atoms with Crippen LogP contribution in [0.5, 0.6) is 5.75 Å². The first-order valence-corrected chi connectivity index (χ1v) is 50.5. The highest BCUT2D eigenvalue weighted by molar-refractivity contribution is 8.00. The molecule has 2 unspecified atom stereocenters. The van der Waals surface area contributed by atoms with Crippen molar-refractivity contribution in [2.75, 3.05) is 24.5 Å². The molecule has 0 N–H and O–H groups in total. The summed E-state index contributed by atoms with van der Waals surface area (Å²) in [6.45, 7) is 13.8. The predicted molar refractivity (Wildman–Crippen MR) is 595 cm³/mol. The summed E-state index contributed by atoms with van der Waals surface area (Å²) in [5.41, 5.74) is 29.1. The number of thioether (sulfide) groups is 1. The van der Waals surface area contributed by atoms with Crippen LogP contribution >= 0.6 is 11.8 Å². The molecule has 18 heteroatoms. The molecular weight excluding hydrogens is 1820 g/mol. The van der Waals surface area contributed by atoms with Crippen molar-refractivity contribution in [1.29, 1.82) is 0 Å². The van der Waals surface area contributed by atoms with E-state index in [1.165, 1.54) is 49.5 Å². The van der Waals surface area contributed by atoms with Crippen LogP contribution in [0.4, 0.5) is 74.7 Å². The molecule has 18 aromatic carbocycles. The van der Waals surface area contributed by atoms with Gasteiger partial charge in [-0.1, -0.05) is 417 Å². The molecule has 706 valence electrons. The van der Waals surface area contributed by atoms with Gasteiger partial charge in [-0.05, 0) is 148 Å². The van der Waals surface area contributed by atoms with Crippen LogP contribution in [0.15, 0.2) is 478 Å². The fraction of sp³-hybridized carbons (Fsp3) is 0.0853. The molecule has 0 saturated heterocycles. The zero-order valence-corrected chi connectivity index (χ0v) is 82.5. The minimum atomic E-state index is -0.321. The molecule has 2 atom stereocenters. The largest absolute Gasteiger partial charge is 0.464 e. The van der Waals surface area contributed by atoms with E-state index in [4.69, 9.17) is 54.6 Å². The van der Waals surface area contributed by atoms with Crippen LogP contribution < -0.4 is 29.2 Å². The molecule has 0 aliphatic carbocycles. The lowest BCUT2D eigenvalue weighted by molar-refractivity contribution is 0.240. The van der Waals surface area contributed by atoms with Crippen molar-refractivity contribution >= 4 is 97.5 Å². The van der Waals surface area contributed by atoms with Crippen LogP contribution in [0.2, 0.25) is 0 Å². The summed E-state index contributed by atoms with van der Waals surface area (Å²) in [6.07, 6.45) is -0.294. The quantitative estimate of drug-likeness (QED) is 0.0953. The lowest BCUT2D eigenvalue weighted by atomic mass is 9.73. The number of nitrogens with zero attached hydrogens (tertiary/aromatic N) is 16. The molecule has 22 aromatic rings. The lowest BCUT2D eigenvalue weighted by Crippen LogP contribution is -2.32. The van der Waals surface area contributed by atoms with E-state index >= 15 is 0 Å². The van der Waals surface area contributed by atoms with E-state index in [-0.39, 0.29) is 27.8 Å². The van der Waals surface area contributed by atoms with Gasteiger partial charge in [0.1, 0.15) is 16.9 Å². The molecule has 0 radical (unpaired) electrons. The normalized spacial score (nSPS) is 14.9. The zero-order valence-electron chi connectivity index (χ0n) is 81.7. The molecule has 4 aromatic heterocycles. The van der Waals surface area contributed by atoms with Gasteiger partial charge >= 0.3 is 0 Å². The Morgan fingerprint density at radius 3 is 0.918 bits per heavy atom. The summed E-state index contributed by atoms with van der Waals surface area (Å²) in [6, 6.07) is 164. The Morgan fingerprint density at radius 1 is 0.231 bits per heavy atom. The average molecular weight is 1920 g/mol. The summed E-state index contributed by atoms with van der Waals surface area (Å²) < 4.78 is 8.88. The third kappa shape index (κ3) is 16.4. The second-order valence-corrected chi connectivity index (χ2v) is 39.8. The van der Waals surface area contributed by atoms with Gasteiger partial charge in [0.25, 0.3) is 0 Å². The van der Waals surface area contributed by atoms with Gasteiger partial charge in [-0.3, -0.25) is 24.2 Å². The maximum Gasteiger partial charge on any atom is 0.238 e. The first kappa shape index (κ1) is 89.9. The maximum absolute atomic E-state index is 6.60. The van der Waals surface area contributed by atoms with Gasteiger partial charge in [0, 0.05) is 82.7 Å². The second kappa shape index (κ2) is 37.5. The first-order valence-electron chi connectivity index (χ1n) is 49.6. The molecular formula is C129H98N16OS. The number of rotatable bonds is 15. The molecule has 5 aliphatic heterocycles. The predicted octanol–water partition coefficient (Wildman–Crippen LogP) is 32.1. The number of aromatic nitrogens is 11. The zero-order chi connectivity index (χ0) is 98.9. The topological polar surface area (TPSA) is 159 Å². The number of fused-ring (bicyclic) bond motifs is 9. The van der Waals surface area contributed by atoms with Crippen molar-refractivity contribution in [3.63, 3.8) is 0 Å². The number of hydrogen-bond donors (Lipinski definition) is 0. The summed E-state index contributed by atoms with van der Waals surface area (Å²) >= 11 is 1.90. The third-order valence-electron chi connectivity index (χ3n) is 28.6. The molecule has 0 spiro atoms. The average Bonchev–Trinajstić information content (AvgIpc) is 1.57. The summed E-state index contributed by atoms with van der Waals surface area (Å²) in [5.74, 6) is 7.30. The van der Waals surface area contributed by atoms with E-state index in [2.05, 4.69) is 356 Å². The molecule has 0 saturated carbocycles. The number of para-hydroxylation sites is 8. The van der Waals surface area contributed by atoms with Gasteiger partial charge in [-0.25, -0.2) is 19.9 Å². The Labute approximate surface area is 858 Å². The third-order valence-corrected chi connectivity index (χ3v) is 29.9. The van der Waals surface area contributed by atoms with E-state index in [1.54, 1.807) is 0 Å². The number of imidazole rings is 1. The second-order valence-electron chi connectivity index (χ2n) is 38.6. The number of ether oxygens (including phenoxy) is 1. The van der Waals surface area contributed by atoms with Gasteiger partial charge in [0.2, 0.25) is 24.1 Å². The van der Waals surface area contributed by atoms with Gasteiger partial charge in [0.05, 0.1) is 56.5 Å². The molecule has 9 heterocycles. The van der Waals surface area contributed by atoms with Crippen LogP contribution in [-0.4, -0.2) is 54.4 Å². The molecule has 17 nitrogen and oxygen atoms in total. The highest BCUT2D eigenvalue weighted by Crippen LogP contribution is 2.61. The van der Waals surface area contributed by atoms with Crippen molar-refractivity contribution in [1.82, 2.24) is 54.4 Å². The molecule has 0 amide bonds. The van der Waals surface area contributed by atoms with Crippen molar-refractivity contribution < 1.29 is 4.74 Å². The minimum Gasteiger partial charge on any atom is -0.464 e. The molecule has 147 heavy (non-hydrogen) atoms. The summed E-state index contributed by atoms with van der Waals surface area (Å²) in [5, 5.41) is 0.122. The Hall–Kier alpha value is -18.4. The highest BCUT2D eigenvalue weighted by Gasteiger charge is 2.45. The minimum absolute atomic E-state index is 0.122. The van der Waals surface area contributed by atoms with E-state index in [0.717, 1.165) is 124 Å². The van der Waals surface area contributed by atoms with E-state index < -0.39 is 0 Å². The van der Waals surface area contributed by atoms with Gasteiger partial charge in [0.15, 0.2) is 34.9 Å². The van der Waals surface area contributed by atoms with Gasteiger partial charge in [-0.15, -0.1) is 0 Å². The molecule has 0 bridgehead atoms. The molecule has 5 aliphatic rings. The maximum atomic E-state index is 6.60. The van der Waals surface area contributed by atoms with Crippen molar-refractivity contribution in [2.24, 2.45) is 0 Å². The molecule has 27 rings (SSSR count). The summed E-state index contributed by atoms with van der Waals surface area (Å²) in [7, 11) is 0. The van der Waals surface area contributed by atoms with Crippen molar-refractivity contribution in [3.8, 4) is 91.2 Å². The lowest BCUT2D eigenvalue weighted by Gasteiger charge is -2.41. The van der Waals surface area contributed by atoms with Crippen molar-refractivity contribution in [2.45, 2.75) is 74.3 Å². The van der Waals surface area contributed by atoms with Crippen molar-refractivity contribution in [3.05, 3.63) is 518 Å². The van der Waals surface area contributed by atoms with Crippen LogP contribution in [-0.2, 0) is 16.2 Å². The number of benzene rings is 18. The van der Waals surface area contributed by atoms with E-state index in [9.17, 15) is 0 Å². The van der Waals surface area contributed by atoms with E-state index in [0.29, 0.717) is 52.8 Å². The fourth-order valence-corrected chi connectivity index (χ4v) is 22.6. The van der Waals surface area contributed by atoms with Crippen LogP contribution in [0.25, 0.3) is 96.4 Å².